The second-order valence-corrected chi connectivity index (χ2v) is 7.70. The van der Waals surface area contributed by atoms with E-state index in [4.69, 9.17) is 23.4 Å². The van der Waals surface area contributed by atoms with Gasteiger partial charge in [0.05, 0.1) is 38.7 Å². The fraction of sp³-hybridized carbons (Fsp3) is 0.308. The van der Waals surface area contributed by atoms with Gasteiger partial charge in [0.15, 0.2) is 17.3 Å². The van der Waals surface area contributed by atoms with E-state index in [0.717, 1.165) is 11.1 Å². The number of benzene rings is 2. The van der Waals surface area contributed by atoms with Crippen molar-refractivity contribution in [3.8, 4) is 17.2 Å². The molecule has 8 nitrogen and oxygen atoms in total. The van der Waals surface area contributed by atoms with Crippen molar-refractivity contribution in [2.75, 3.05) is 34.0 Å². The number of furan rings is 1. The number of hydrogen-bond donors (Lipinski definition) is 0. The molecule has 34 heavy (non-hydrogen) atoms. The van der Waals surface area contributed by atoms with Crippen molar-refractivity contribution < 1.29 is 33.0 Å². The summed E-state index contributed by atoms with van der Waals surface area (Å²) in [7, 11) is 3.18. The lowest BCUT2D eigenvalue weighted by atomic mass is 9.92. The van der Waals surface area contributed by atoms with Crippen LogP contribution in [0.15, 0.2) is 59.2 Å². The largest absolute Gasteiger partial charge is 0.493 e. The molecular formula is C26H27NO7. The van der Waals surface area contributed by atoms with Crippen LogP contribution >= 0.6 is 0 Å². The van der Waals surface area contributed by atoms with E-state index in [-0.39, 0.29) is 30.3 Å². The molecule has 0 unspecified atom stereocenters. The Morgan fingerprint density at radius 3 is 2.44 bits per heavy atom. The third-order valence-corrected chi connectivity index (χ3v) is 5.77. The maximum absolute atomic E-state index is 13.2. The highest BCUT2D eigenvalue weighted by atomic mass is 16.5. The standard InChI is InChI=1S/C26H27NO7/c1-4-32-26(29)17-7-9-19(10-8-17)34-16-21-20-15-24(31-3)23(30-2)14-18(20)11-12-27(21)25(28)22-6-5-13-33-22/h5-10,13-15,21H,4,11-12,16H2,1-3H3/t21-/m1/s1. The molecule has 2 aromatic carbocycles. The van der Waals surface area contributed by atoms with Gasteiger partial charge in [-0.05, 0) is 73.0 Å². The van der Waals surface area contributed by atoms with Crippen molar-refractivity contribution in [3.05, 3.63) is 77.2 Å². The van der Waals surface area contributed by atoms with Crippen molar-refractivity contribution in [1.29, 1.82) is 0 Å². The van der Waals surface area contributed by atoms with Crippen molar-refractivity contribution in [1.82, 2.24) is 4.90 Å². The minimum Gasteiger partial charge on any atom is -0.493 e. The summed E-state index contributed by atoms with van der Waals surface area (Å²) in [5.74, 6) is 1.47. The molecule has 1 amide bonds. The molecule has 178 valence electrons. The zero-order valence-corrected chi connectivity index (χ0v) is 19.4. The van der Waals surface area contributed by atoms with E-state index in [1.165, 1.54) is 6.26 Å². The van der Waals surface area contributed by atoms with Gasteiger partial charge in [0.25, 0.3) is 5.91 Å². The number of methoxy groups -OCH3 is 2. The Morgan fingerprint density at radius 2 is 1.79 bits per heavy atom. The number of rotatable bonds is 8. The van der Waals surface area contributed by atoms with E-state index in [9.17, 15) is 9.59 Å². The summed E-state index contributed by atoms with van der Waals surface area (Å²) in [4.78, 5) is 26.9. The maximum atomic E-state index is 13.2. The Kier molecular flexibility index (Phi) is 7.06. The van der Waals surface area contributed by atoms with Gasteiger partial charge in [0.2, 0.25) is 0 Å². The highest BCUT2D eigenvalue weighted by Gasteiger charge is 2.34. The summed E-state index contributed by atoms with van der Waals surface area (Å²) < 4.78 is 27.4. The summed E-state index contributed by atoms with van der Waals surface area (Å²) in [5.41, 5.74) is 2.43. The summed E-state index contributed by atoms with van der Waals surface area (Å²) in [6.45, 7) is 2.77. The van der Waals surface area contributed by atoms with Crippen LogP contribution in [0, 0.1) is 0 Å². The fourth-order valence-corrected chi connectivity index (χ4v) is 4.07. The lowest BCUT2D eigenvalue weighted by molar-refractivity contribution is 0.0523. The molecule has 1 atom stereocenters. The quantitative estimate of drug-likeness (QED) is 0.459. The molecule has 8 heteroatoms. The molecule has 0 radical (unpaired) electrons. The van der Waals surface area contributed by atoms with E-state index in [2.05, 4.69) is 0 Å². The SMILES string of the molecule is CCOC(=O)c1ccc(OC[C@@H]2c3cc(OC)c(OC)cc3CCN2C(=O)c2ccco2)cc1. The molecule has 1 aromatic heterocycles. The lowest BCUT2D eigenvalue weighted by Gasteiger charge is -2.37. The zero-order chi connectivity index (χ0) is 24.1. The Hall–Kier alpha value is -3.94. The normalized spacial score (nSPS) is 14.8. The number of hydrogen-bond acceptors (Lipinski definition) is 7. The van der Waals surface area contributed by atoms with Crippen molar-refractivity contribution >= 4 is 11.9 Å². The molecule has 2 heterocycles. The van der Waals surface area contributed by atoms with Gasteiger partial charge in [-0.3, -0.25) is 4.79 Å². The highest BCUT2D eigenvalue weighted by molar-refractivity contribution is 5.92. The van der Waals surface area contributed by atoms with E-state index >= 15 is 0 Å². The number of carbonyl (C=O) groups excluding carboxylic acids is 2. The summed E-state index contributed by atoms with van der Waals surface area (Å²) in [6, 6.07) is 13.5. The van der Waals surface area contributed by atoms with E-state index in [1.54, 1.807) is 62.4 Å². The van der Waals surface area contributed by atoms with Gasteiger partial charge < -0.3 is 28.3 Å². The van der Waals surface area contributed by atoms with Gasteiger partial charge in [-0.15, -0.1) is 0 Å². The topological polar surface area (TPSA) is 87.4 Å². The van der Waals surface area contributed by atoms with Crippen LogP contribution in [0.1, 0.15) is 45.0 Å². The maximum Gasteiger partial charge on any atom is 0.338 e. The molecule has 1 aliphatic heterocycles. The first-order valence-corrected chi connectivity index (χ1v) is 11.0. The van der Waals surface area contributed by atoms with E-state index in [1.807, 2.05) is 12.1 Å². The molecule has 0 N–H and O–H groups in total. The Balaban J connectivity index is 1.62. The first-order chi connectivity index (χ1) is 16.5. The predicted octanol–water partition coefficient (Wildman–Crippen LogP) is 4.29. The van der Waals surface area contributed by atoms with Crippen LogP contribution in [0.4, 0.5) is 0 Å². The third kappa shape index (κ3) is 4.71. The highest BCUT2D eigenvalue weighted by Crippen LogP contribution is 2.39. The first-order valence-electron chi connectivity index (χ1n) is 11.0. The molecule has 0 bridgehead atoms. The monoisotopic (exact) mass is 465 g/mol. The van der Waals surface area contributed by atoms with Crippen LogP contribution in [0.2, 0.25) is 0 Å². The average molecular weight is 466 g/mol. The minimum absolute atomic E-state index is 0.202. The van der Waals surface area contributed by atoms with E-state index in [0.29, 0.717) is 42.4 Å². The molecule has 4 rings (SSSR count). The second-order valence-electron chi connectivity index (χ2n) is 7.70. The number of amides is 1. The Labute approximate surface area is 198 Å². The Bertz CT molecular complexity index is 1140. The zero-order valence-electron chi connectivity index (χ0n) is 19.4. The smallest absolute Gasteiger partial charge is 0.338 e. The van der Waals surface area contributed by atoms with Crippen LogP contribution in [0.25, 0.3) is 0 Å². The molecule has 0 fully saturated rings. The van der Waals surface area contributed by atoms with E-state index < -0.39 is 0 Å². The van der Waals surface area contributed by atoms with Crippen LogP contribution in [0.3, 0.4) is 0 Å². The van der Waals surface area contributed by atoms with Crippen molar-refractivity contribution in [3.63, 3.8) is 0 Å². The summed E-state index contributed by atoms with van der Waals surface area (Å²) in [5, 5.41) is 0. The van der Waals surface area contributed by atoms with Gasteiger partial charge in [-0.2, -0.15) is 0 Å². The minimum atomic E-state index is -0.383. The fourth-order valence-electron chi connectivity index (χ4n) is 4.07. The van der Waals surface area contributed by atoms with Crippen LogP contribution in [-0.4, -0.2) is 50.8 Å². The van der Waals surface area contributed by atoms with Gasteiger partial charge in [0.1, 0.15) is 12.4 Å². The average Bonchev–Trinajstić information content (AvgIpc) is 3.41. The van der Waals surface area contributed by atoms with Crippen molar-refractivity contribution in [2.45, 2.75) is 19.4 Å². The molecule has 3 aromatic rings. The number of carbonyl (C=O) groups is 2. The molecule has 1 aliphatic rings. The molecule has 0 saturated heterocycles. The number of esters is 1. The van der Waals surface area contributed by atoms with Gasteiger partial charge in [-0.1, -0.05) is 0 Å². The van der Waals surface area contributed by atoms with Gasteiger partial charge in [0, 0.05) is 6.54 Å². The molecule has 0 spiro atoms. The number of nitrogens with zero attached hydrogens (tertiary/aromatic N) is 1. The number of fused-ring (bicyclic) bond motifs is 1. The summed E-state index contributed by atoms with van der Waals surface area (Å²) in [6.07, 6.45) is 2.14. The first kappa shape index (κ1) is 23.2. The predicted molar refractivity (Wildman–Crippen MR) is 124 cm³/mol. The van der Waals surface area contributed by atoms with Gasteiger partial charge in [-0.25, -0.2) is 4.79 Å². The van der Waals surface area contributed by atoms with Crippen molar-refractivity contribution in [2.24, 2.45) is 0 Å². The molecular weight excluding hydrogens is 438 g/mol. The lowest BCUT2D eigenvalue weighted by Crippen LogP contribution is -2.42. The van der Waals surface area contributed by atoms with Crippen LogP contribution < -0.4 is 14.2 Å². The Morgan fingerprint density at radius 1 is 1.06 bits per heavy atom. The molecule has 0 saturated carbocycles. The number of ether oxygens (including phenoxy) is 4. The summed E-state index contributed by atoms with van der Waals surface area (Å²) >= 11 is 0. The third-order valence-electron chi connectivity index (χ3n) is 5.77. The van der Waals surface area contributed by atoms with Crippen LogP contribution in [0.5, 0.6) is 17.2 Å². The molecule has 0 aliphatic carbocycles. The van der Waals surface area contributed by atoms with Gasteiger partial charge >= 0.3 is 5.97 Å². The van der Waals surface area contributed by atoms with Crippen LogP contribution in [-0.2, 0) is 11.2 Å². The second kappa shape index (κ2) is 10.3.